The SMILES string of the molecule is CC(C)(C)c1nc(C(O)Cc2cccnc2)cs1. The van der Waals surface area contributed by atoms with Crippen molar-refractivity contribution in [3.8, 4) is 0 Å². The molecule has 2 aromatic heterocycles. The minimum atomic E-state index is -0.554. The molecule has 0 aliphatic rings. The number of aliphatic hydroxyl groups excluding tert-OH is 1. The average molecular weight is 262 g/mol. The average Bonchev–Trinajstić information content (AvgIpc) is 2.79. The first-order chi connectivity index (χ1) is 8.47. The zero-order chi connectivity index (χ0) is 13.2. The Morgan fingerprint density at radius 3 is 2.72 bits per heavy atom. The van der Waals surface area contributed by atoms with Crippen LogP contribution in [0.4, 0.5) is 0 Å². The highest BCUT2D eigenvalue weighted by Crippen LogP contribution is 2.28. The fraction of sp³-hybridized carbons (Fsp3) is 0.429. The number of hydrogen-bond acceptors (Lipinski definition) is 4. The van der Waals surface area contributed by atoms with E-state index < -0.39 is 6.10 Å². The van der Waals surface area contributed by atoms with E-state index in [4.69, 9.17) is 0 Å². The summed E-state index contributed by atoms with van der Waals surface area (Å²) >= 11 is 1.61. The molecule has 1 atom stereocenters. The highest BCUT2D eigenvalue weighted by atomic mass is 32.1. The van der Waals surface area contributed by atoms with Crippen LogP contribution in [0.15, 0.2) is 29.9 Å². The Morgan fingerprint density at radius 1 is 1.39 bits per heavy atom. The lowest BCUT2D eigenvalue weighted by Gasteiger charge is -2.14. The molecule has 0 radical (unpaired) electrons. The van der Waals surface area contributed by atoms with Crippen LogP contribution in [-0.2, 0) is 11.8 Å². The Bertz CT molecular complexity index is 502. The van der Waals surface area contributed by atoms with Gasteiger partial charge in [0, 0.05) is 29.6 Å². The van der Waals surface area contributed by atoms with E-state index in [0.29, 0.717) is 6.42 Å². The predicted molar refractivity (Wildman–Crippen MR) is 73.7 cm³/mol. The van der Waals surface area contributed by atoms with E-state index in [-0.39, 0.29) is 5.41 Å². The summed E-state index contributed by atoms with van der Waals surface area (Å²) in [5.41, 5.74) is 1.82. The Hall–Kier alpha value is -1.26. The van der Waals surface area contributed by atoms with E-state index in [0.717, 1.165) is 16.3 Å². The summed E-state index contributed by atoms with van der Waals surface area (Å²) in [4.78, 5) is 8.57. The molecular formula is C14H18N2OS. The summed E-state index contributed by atoms with van der Waals surface area (Å²) in [6.07, 6.45) is 3.51. The summed E-state index contributed by atoms with van der Waals surface area (Å²) in [5.74, 6) is 0. The first-order valence-electron chi connectivity index (χ1n) is 5.99. The Labute approximate surface area is 112 Å². The van der Waals surface area contributed by atoms with Crippen molar-refractivity contribution in [3.05, 3.63) is 46.2 Å². The molecular weight excluding hydrogens is 244 g/mol. The second-order valence-electron chi connectivity index (χ2n) is 5.41. The normalized spacial score (nSPS) is 13.6. The molecule has 0 bridgehead atoms. The molecule has 0 saturated carbocycles. The van der Waals surface area contributed by atoms with Crippen molar-refractivity contribution in [2.45, 2.75) is 38.7 Å². The summed E-state index contributed by atoms with van der Waals surface area (Å²) in [6, 6.07) is 3.84. The van der Waals surface area contributed by atoms with E-state index >= 15 is 0 Å². The number of pyridine rings is 1. The maximum Gasteiger partial charge on any atom is 0.101 e. The standard InChI is InChI=1S/C14H18N2OS/c1-14(2,3)13-16-11(9-18-13)12(17)7-10-5-4-6-15-8-10/h4-6,8-9,12,17H,7H2,1-3H3. The summed E-state index contributed by atoms with van der Waals surface area (Å²) in [5, 5.41) is 13.2. The van der Waals surface area contributed by atoms with Crippen LogP contribution in [-0.4, -0.2) is 15.1 Å². The number of thiazole rings is 1. The van der Waals surface area contributed by atoms with Gasteiger partial charge in [0.25, 0.3) is 0 Å². The summed E-state index contributed by atoms with van der Waals surface area (Å²) in [6.45, 7) is 6.38. The molecule has 96 valence electrons. The number of aliphatic hydroxyl groups is 1. The predicted octanol–water partition coefficient (Wildman–Crippen LogP) is 3.11. The van der Waals surface area contributed by atoms with Gasteiger partial charge in [-0.05, 0) is 11.6 Å². The molecule has 4 heteroatoms. The van der Waals surface area contributed by atoms with Crippen molar-refractivity contribution in [2.75, 3.05) is 0 Å². The molecule has 0 spiro atoms. The van der Waals surface area contributed by atoms with Gasteiger partial charge in [0.05, 0.1) is 10.7 Å². The molecule has 18 heavy (non-hydrogen) atoms. The van der Waals surface area contributed by atoms with E-state index in [1.165, 1.54) is 0 Å². The van der Waals surface area contributed by atoms with Gasteiger partial charge in [-0.1, -0.05) is 26.8 Å². The molecule has 2 heterocycles. The molecule has 0 aliphatic carbocycles. The second-order valence-corrected chi connectivity index (χ2v) is 6.27. The number of hydrogen-bond donors (Lipinski definition) is 1. The van der Waals surface area contributed by atoms with Crippen LogP contribution in [0.1, 0.15) is 43.1 Å². The zero-order valence-electron chi connectivity index (χ0n) is 10.9. The van der Waals surface area contributed by atoms with Gasteiger partial charge in [-0.3, -0.25) is 4.98 Å². The lowest BCUT2D eigenvalue weighted by Crippen LogP contribution is -2.11. The van der Waals surface area contributed by atoms with Crippen molar-refractivity contribution < 1.29 is 5.11 Å². The van der Waals surface area contributed by atoms with E-state index in [1.54, 1.807) is 23.7 Å². The van der Waals surface area contributed by atoms with Crippen LogP contribution in [0.25, 0.3) is 0 Å². The van der Waals surface area contributed by atoms with Crippen LogP contribution >= 0.6 is 11.3 Å². The first-order valence-corrected chi connectivity index (χ1v) is 6.87. The lowest BCUT2D eigenvalue weighted by atomic mass is 9.98. The quantitative estimate of drug-likeness (QED) is 0.924. The zero-order valence-corrected chi connectivity index (χ0v) is 11.7. The lowest BCUT2D eigenvalue weighted by molar-refractivity contribution is 0.174. The third kappa shape index (κ3) is 3.15. The second kappa shape index (κ2) is 5.16. The number of nitrogens with zero attached hydrogens (tertiary/aromatic N) is 2. The van der Waals surface area contributed by atoms with Gasteiger partial charge in [0.1, 0.15) is 6.10 Å². The van der Waals surface area contributed by atoms with Crippen molar-refractivity contribution in [2.24, 2.45) is 0 Å². The molecule has 1 unspecified atom stereocenters. The van der Waals surface area contributed by atoms with Crippen LogP contribution in [0.2, 0.25) is 0 Å². The summed E-state index contributed by atoms with van der Waals surface area (Å²) < 4.78 is 0. The molecule has 0 amide bonds. The van der Waals surface area contributed by atoms with Crippen molar-refractivity contribution in [1.29, 1.82) is 0 Å². The third-order valence-corrected chi connectivity index (χ3v) is 3.94. The molecule has 0 fully saturated rings. The van der Waals surface area contributed by atoms with Crippen molar-refractivity contribution in [3.63, 3.8) is 0 Å². The first kappa shape index (κ1) is 13.2. The van der Waals surface area contributed by atoms with Gasteiger partial charge in [0.15, 0.2) is 0 Å². The van der Waals surface area contributed by atoms with Gasteiger partial charge < -0.3 is 5.11 Å². The van der Waals surface area contributed by atoms with Gasteiger partial charge in [-0.25, -0.2) is 4.98 Å². The van der Waals surface area contributed by atoms with Crippen LogP contribution in [0.3, 0.4) is 0 Å². The highest BCUT2D eigenvalue weighted by Gasteiger charge is 2.20. The molecule has 1 N–H and O–H groups in total. The fourth-order valence-electron chi connectivity index (χ4n) is 1.63. The van der Waals surface area contributed by atoms with E-state index in [1.807, 2.05) is 17.5 Å². The van der Waals surface area contributed by atoms with Gasteiger partial charge in [0.2, 0.25) is 0 Å². The van der Waals surface area contributed by atoms with Crippen LogP contribution in [0, 0.1) is 0 Å². The molecule has 0 saturated heterocycles. The highest BCUT2D eigenvalue weighted by molar-refractivity contribution is 7.09. The maximum atomic E-state index is 10.2. The Morgan fingerprint density at radius 2 is 2.17 bits per heavy atom. The topological polar surface area (TPSA) is 46.0 Å². The summed E-state index contributed by atoms with van der Waals surface area (Å²) in [7, 11) is 0. The minimum Gasteiger partial charge on any atom is -0.386 e. The molecule has 0 aromatic carbocycles. The third-order valence-electron chi connectivity index (χ3n) is 2.66. The monoisotopic (exact) mass is 262 g/mol. The van der Waals surface area contributed by atoms with Crippen LogP contribution in [0.5, 0.6) is 0 Å². The molecule has 2 aromatic rings. The van der Waals surface area contributed by atoms with Gasteiger partial charge in [-0.15, -0.1) is 11.3 Å². The Kier molecular flexibility index (Phi) is 3.78. The molecule has 0 aliphatic heterocycles. The molecule has 3 nitrogen and oxygen atoms in total. The number of aromatic nitrogens is 2. The largest absolute Gasteiger partial charge is 0.386 e. The Balaban J connectivity index is 2.10. The smallest absolute Gasteiger partial charge is 0.101 e. The van der Waals surface area contributed by atoms with Gasteiger partial charge in [-0.2, -0.15) is 0 Å². The fourth-order valence-corrected chi connectivity index (χ4v) is 2.58. The van der Waals surface area contributed by atoms with Crippen LogP contribution < -0.4 is 0 Å². The molecule has 2 rings (SSSR count). The minimum absolute atomic E-state index is 0.0386. The van der Waals surface area contributed by atoms with Gasteiger partial charge >= 0.3 is 0 Å². The maximum absolute atomic E-state index is 10.2. The number of rotatable bonds is 3. The van der Waals surface area contributed by atoms with Crippen molar-refractivity contribution in [1.82, 2.24) is 9.97 Å². The van der Waals surface area contributed by atoms with E-state index in [9.17, 15) is 5.11 Å². The van der Waals surface area contributed by atoms with E-state index in [2.05, 4.69) is 30.7 Å². The van der Waals surface area contributed by atoms with Crippen molar-refractivity contribution >= 4 is 11.3 Å².